The number of benzene rings is 2. The predicted octanol–water partition coefficient (Wildman–Crippen LogP) is 7.81. The van der Waals surface area contributed by atoms with Gasteiger partial charge < -0.3 is 34.0 Å². The summed E-state index contributed by atoms with van der Waals surface area (Å²) in [6.45, 7) is 6.18. The Labute approximate surface area is 275 Å². The Morgan fingerprint density at radius 3 is 2.68 bits per heavy atom. The highest BCUT2D eigenvalue weighted by Gasteiger charge is 2.34. The zero-order valence-corrected chi connectivity index (χ0v) is 27.2. The molecule has 2 aromatic heterocycles. The third kappa shape index (κ3) is 7.26. The highest BCUT2D eigenvalue weighted by atomic mass is 35.5. The van der Waals surface area contributed by atoms with Crippen LogP contribution in [0.1, 0.15) is 50.5 Å². The molecule has 2 N–H and O–H groups in total. The number of rotatable bonds is 7. The van der Waals surface area contributed by atoms with Gasteiger partial charge in [0.2, 0.25) is 5.88 Å². The van der Waals surface area contributed by atoms with E-state index in [-0.39, 0.29) is 30.9 Å². The van der Waals surface area contributed by atoms with Gasteiger partial charge in [-0.3, -0.25) is 0 Å². The molecule has 3 aliphatic heterocycles. The number of hydrogen-bond acceptors (Lipinski definition) is 6. The highest BCUT2D eigenvalue weighted by Crippen LogP contribution is 2.33. The van der Waals surface area contributed by atoms with Gasteiger partial charge in [0.05, 0.1) is 11.8 Å². The Balaban J connectivity index is 0.00000192. The molecule has 11 heteroatoms. The maximum absolute atomic E-state index is 12.8. The van der Waals surface area contributed by atoms with Crippen LogP contribution < -0.4 is 14.8 Å². The second-order valence-corrected chi connectivity index (χ2v) is 12.6. The number of hydrogen-bond donors (Lipinski definition) is 2. The number of halogens is 3. The number of ether oxygens (including phenoxy) is 2. The normalized spacial score (nSPS) is 21.3. The average Bonchev–Trinajstić information content (AvgIpc) is 3.60. The van der Waals surface area contributed by atoms with Crippen LogP contribution in [0.15, 0.2) is 53.1 Å². The maximum Gasteiger partial charge on any atom is 0.414 e. The van der Waals surface area contributed by atoms with E-state index in [0.717, 1.165) is 65.3 Å². The molecule has 238 valence electrons. The van der Waals surface area contributed by atoms with Crippen LogP contribution in [-0.4, -0.2) is 65.7 Å². The molecule has 4 aromatic rings. The third-order valence-corrected chi connectivity index (χ3v) is 9.67. The second-order valence-electron chi connectivity index (χ2n) is 12.2. The minimum atomic E-state index is -0.420. The summed E-state index contributed by atoms with van der Waals surface area (Å²) in [7, 11) is 0. The average molecular weight is 664 g/mol. The first kappa shape index (κ1) is 32.8. The molecule has 3 saturated heterocycles. The SMILES string of the molecule is Cl.Cl.O=C(NC1CCN(C[C@@H]2CCCN3CCCC[C@H]23)CC1)Oc1cc2c(OCc3coc4cc(Cl)ccc34)cccc2[nH]1. The lowest BCUT2D eigenvalue weighted by Crippen LogP contribution is -2.52. The summed E-state index contributed by atoms with van der Waals surface area (Å²) in [6, 6.07) is 14.1. The molecular formula is C33H41Cl3N4O4. The predicted molar refractivity (Wildman–Crippen MR) is 179 cm³/mol. The number of aromatic amines is 1. The fraction of sp³-hybridized carbons (Fsp3) is 0.485. The van der Waals surface area contributed by atoms with Gasteiger partial charge in [0.25, 0.3) is 0 Å². The van der Waals surface area contributed by atoms with Crippen molar-refractivity contribution in [1.29, 1.82) is 0 Å². The lowest BCUT2D eigenvalue weighted by atomic mass is 9.83. The first-order chi connectivity index (χ1) is 20.6. The highest BCUT2D eigenvalue weighted by molar-refractivity contribution is 6.31. The van der Waals surface area contributed by atoms with Gasteiger partial charge in [0, 0.05) is 59.1 Å². The zero-order chi connectivity index (χ0) is 28.5. The summed E-state index contributed by atoms with van der Waals surface area (Å²) in [5.41, 5.74) is 2.51. The second kappa shape index (κ2) is 14.6. The molecule has 8 nitrogen and oxygen atoms in total. The standard InChI is InChI=1S/C33H39ClN4O4.2ClH/c34-24-9-10-26-23(21-41-31(26)17-24)20-40-30-8-3-6-28-27(30)18-32(36-28)42-33(39)35-25-11-15-37(16-12-25)19-22-5-4-14-38-13-2-1-7-29(22)38;;/h3,6,8-10,17-18,21-22,25,29,36H,1-2,4-5,7,11-16,19-20H2,(H,35,39);2*1H/t22-,29+;;/m0../s1. The zero-order valence-electron chi connectivity index (χ0n) is 24.8. The maximum atomic E-state index is 12.8. The minimum Gasteiger partial charge on any atom is -0.488 e. The van der Waals surface area contributed by atoms with Crippen LogP contribution in [0.4, 0.5) is 4.79 Å². The van der Waals surface area contributed by atoms with E-state index >= 15 is 0 Å². The van der Waals surface area contributed by atoms with Crippen LogP contribution in [0.25, 0.3) is 21.9 Å². The molecule has 0 bridgehead atoms. The number of likely N-dealkylation sites (tertiary alicyclic amines) is 1. The quantitative estimate of drug-likeness (QED) is 0.210. The van der Waals surface area contributed by atoms with Crippen LogP contribution >= 0.6 is 36.4 Å². The number of furan rings is 1. The Bertz CT molecular complexity index is 1550. The molecule has 7 rings (SSSR count). The van der Waals surface area contributed by atoms with Gasteiger partial charge >= 0.3 is 6.09 Å². The Morgan fingerprint density at radius 1 is 0.977 bits per heavy atom. The molecule has 1 amide bonds. The van der Waals surface area contributed by atoms with Gasteiger partial charge in [-0.2, -0.15) is 0 Å². The monoisotopic (exact) mass is 662 g/mol. The molecule has 0 aliphatic carbocycles. The van der Waals surface area contributed by atoms with Crippen molar-refractivity contribution >= 4 is 64.4 Å². The van der Waals surface area contributed by atoms with Crippen LogP contribution in [0.2, 0.25) is 5.02 Å². The number of nitrogens with one attached hydrogen (secondary N) is 2. The molecular weight excluding hydrogens is 623 g/mol. The van der Waals surface area contributed by atoms with Crippen molar-refractivity contribution in [3.8, 4) is 11.6 Å². The Hall–Kier alpha value is -2.62. The minimum absolute atomic E-state index is 0. The molecule has 44 heavy (non-hydrogen) atoms. The summed E-state index contributed by atoms with van der Waals surface area (Å²) in [6.07, 6.45) is 10.00. The lowest BCUT2D eigenvalue weighted by molar-refractivity contribution is 0.0353. The van der Waals surface area contributed by atoms with Gasteiger partial charge in [0.15, 0.2) is 0 Å². The summed E-state index contributed by atoms with van der Waals surface area (Å²) in [4.78, 5) is 21.4. The van der Waals surface area contributed by atoms with Crippen LogP contribution in [0.3, 0.4) is 0 Å². The van der Waals surface area contributed by atoms with E-state index in [1.807, 2.05) is 36.4 Å². The van der Waals surface area contributed by atoms with Gasteiger partial charge in [-0.15, -0.1) is 24.8 Å². The fourth-order valence-electron chi connectivity index (χ4n) is 7.28. The number of carbonyl (C=O) groups is 1. The van der Waals surface area contributed by atoms with E-state index in [9.17, 15) is 4.79 Å². The molecule has 3 fully saturated rings. The van der Waals surface area contributed by atoms with E-state index in [2.05, 4.69) is 20.1 Å². The van der Waals surface area contributed by atoms with E-state index in [0.29, 0.717) is 23.3 Å². The first-order valence-electron chi connectivity index (χ1n) is 15.4. The molecule has 3 aliphatic rings. The van der Waals surface area contributed by atoms with Gasteiger partial charge in [-0.05, 0) is 87.9 Å². The van der Waals surface area contributed by atoms with Crippen molar-refractivity contribution in [1.82, 2.24) is 20.1 Å². The van der Waals surface area contributed by atoms with E-state index < -0.39 is 6.09 Å². The molecule has 2 aromatic carbocycles. The van der Waals surface area contributed by atoms with Crippen molar-refractivity contribution in [2.24, 2.45) is 5.92 Å². The summed E-state index contributed by atoms with van der Waals surface area (Å²) in [5, 5.41) is 5.55. The fourth-order valence-corrected chi connectivity index (χ4v) is 7.45. The van der Waals surface area contributed by atoms with Crippen molar-refractivity contribution < 1.29 is 18.7 Å². The number of piperidine rings is 3. The topological polar surface area (TPSA) is 83.0 Å². The molecule has 0 radical (unpaired) electrons. The largest absolute Gasteiger partial charge is 0.488 e. The van der Waals surface area contributed by atoms with Gasteiger partial charge in [-0.25, -0.2) is 4.79 Å². The Morgan fingerprint density at radius 2 is 1.82 bits per heavy atom. The molecule has 0 unspecified atom stereocenters. The summed E-state index contributed by atoms with van der Waals surface area (Å²) >= 11 is 6.08. The van der Waals surface area contributed by atoms with Gasteiger partial charge in [-0.1, -0.05) is 24.1 Å². The lowest BCUT2D eigenvalue weighted by Gasteiger charge is -2.46. The van der Waals surface area contributed by atoms with Crippen LogP contribution in [0, 0.1) is 5.92 Å². The third-order valence-electron chi connectivity index (χ3n) is 9.43. The first-order valence-corrected chi connectivity index (χ1v) is 15.8. The van der Waals surface area contributed by atoms with E-state index in [1.54, 1.807) is 12.3 Å². The summed E-state index contributed by atoms with van der Waals surface area (Å²) in [5.74, 6) is 1.89. The molecule has 2 atom stereocenters. The van der Waals surface area contributed by atoms with Crippen molar-refractivity contribution in [3.63, 3.8) is 0 Å². The van der Waals surface area contributed by atoms with Crippen LogP contribution in [0.5, 0.6) is 11.6 Å². The van der Waals surface area contributed by atoms with E-state index in [4.69, 9.17) is 25.5 Å². The number of carbonyl (C=O) groups excluding carboxylic acids is 1. The number of amides is 1. The van der Waals surface area contributed by atoms with Crippen molar-refractivity contribution in [3.05, 3.63) is 59.3 Å². The Kier molecular flexibility index (Phi) is 10.9. The number of fused-ring (bicyclic) bond motifs is 3. The smallest absolute Gasteiger partial charge is 0.414 e. The van der Waals surface area contributed by atoms with Crippen molar-refractivity contribution in [2.45, 2.75) is 63.6 Å². The molecule has 5 heterocycles. The molecule has 0 saturated carbocycles. The summed E-state index contributed by atoms with van der Waals surface area (Å²) < 4.78 is 17.5. The number of nitrogens with zero attached hydrogens (tertiary/aromatic N) is 2. The number of H-pyrrole nitrogens is 1. The molecule has 0 spiro atoms. The van der Waals surface area contributed by atoms with E-state index in [1.165, 1.54) is 51.7 Å². The van der Waals surface area contributed by atoms with Gasteiger partial charge in [0.1, 0.15) is 17.9 Å². The van der Waals surface area contributed by atoms with Crippen molar-refractivity contribution in [2.75, 3.05) is 32.7 Å². The number of aromatic nitrogens is 1. The van der Waals surface area contributed by atoms with Crippen LogP contribution in [-0.2, 0) is 6.61 Å².